The molecule has 1 saturated heterocycles. The number of hydrogen-bond donors (Lipinski definition) is 0. The lowest BCUT2D eigenvalue weighted by atomic mass is 9.53. The van der Waals surface area contributed by atoms with Gasteiger partial charge in [-0.05, 0) is 90.4 Å². The number of pyridine rings is 1. The number of piperidine rings is 1. The second kappa shape index (κ2) is 8.31. The zero-order chi connectivity index (χ0) is 23.4. The van der Waals surface area contributed by atoms with E-state index in [1.807, 2.05) is 0 Å². The Labute approximate surface area is 209 Å². The second-order valence-corrected chi connectivity index (χ2v) is 11.3. The summed E-state index contributed by atoms with van der Waals surface area (Å²) in [6.07, 6.45) is 6.46. The maximum absolute atomic E-state index is 5.40. The fourth-order valence-electron chi connectivity index (χ4n) is 7.92. The molecule has 1 aromatic heterocycles. The van der Waals surface area contributed by atoms with E-state index in [-0.39, 0.29) is 5.54 Å². The molecule has 4 atom stereocenters. The topological polar surface area (TPSA) is 16.1 Å². The van der Waals surface area contributed by atoms with Crippen LogP contribution >= 0.6 is 0 Å². The molecular formula is C33H34N2. The van der Waals surface area contributed by atoms with E-state index in [1.54, 1.807) is 0 Å². The Hall–Kier alpha value is -2.97. The third kappa shape index (κ3) is 3.45. The van der Waals surface area contributed by atoms with Crippen molar-refractivity contribution in [2.24, 2.45) is 17.8 Å². The molecule has 3 aliphatic rings. The van der Waals surface area contributed by atoms with Crippen LogP contribution in [-0.2, 0) is 18.5 Å². The van der Waals surface area contributed by atoms with Gasteiger partial charge >= 0.3 is 0 Å². The summed E-state index contributed by atoms with van der Waals surface area (Å²) in [5.74, 6) is 2.28. The molecule has 0 amide bonds. The van der Waals surface area contributed by atoms with Gasteiger partial charge in [0, 0.05) is 17.8 Å². The van der Waals surface area contributed by atoms with E-state index in [0.29, 0.717) is 0 Å². The first-order valence-electron chi connectivity index (χ1n) is 13.5. The fourth-order valence-corrected chi connectivity index (χ4v) is 7.92. The highest BCUT2D eigenvalue weighted by atomic mass is 15.2. The average Bonchev–Trinajstić information content (AvgIpc) is 2.89. The number of hydrogen-bond acceptors (Lipinski definition) is 2. The lowest BCUT2D eigenvalue weighted by Gasteiger charge is -2.61. The normalized spacial score (nSPS) is 27.9. The number of fused-ring (bicyclic) bond motifs is 2. The Morgan fingerprint density at radius 2 is 1.74 bits per heavy atom. The Balaban J connectivity index is 1.34. The van der Waals surface area contributed by atoms with E-state index in [4.69, 9.17) is 4.98 Å². The van der Waals surface area contributed by atoms with Crippen LogP contribution in [-0.4, -0.2) is 16.4 Å². The van der Waals surface area contributed by atoms with Gasteiger partial charge in [0.1, 0.15) is 0 Å². The third-order valence-electron chi connectivity index (χ3n) is 9.21. The molecule has 2 heteroatoms. The minimum absolute atomic E-state index is 0.138. The van der Waals surface area contributed by atoms with Crippen molar-refractivity contribution in [1.29, 1.82) is 0 Å². The van der Waals surface area contributed by atoms with Crippen LogP contribution in [0.15, 0.2) is 84.9 Å². The van der Waals surface area contributed by atoms with E-state index in [2.05, 4.69) is 96.8 Å². The molecule has 4 aromatic rings. The first kappa shape index (κ1) is 21.3. The van der Waals surface area contributed by atoms with E-state index >= 15 is 0 Å². The first-order chi connectivity index (χ1) is 17.2. The van der Waals surface area contributed by atoms with Gasteiger partial charge in [-0.15, -0.1) is 0 Å². The van der Waals surface area contributed by atoms with Crippen LogP contribution in [0, 0.1) is 17.8 Å². The highest BCUT2D eigenvalue weighted by molar-refractivity contribution is 5.86. The summed E-state index contributed by atoms with van der Waals surface area (Å²) < 4.78 is 0. The predicted molar refractivity (Wildman–Crippen MR) is 144 cm³/mol. The summed E-state index contributed by atoms with van der Waals surface area (Å²) in [4.78, 5) is 8.25. The quantitative estimate of drug-likeness (QED) is 0.314. The molecule has 2 fully saturated rings. The highest BCUT2D eigenvalue weighted by Crippen LogP contribution is 2.59. The van der Waals surface area contributed by atoms with Gasteiger partial charge in [-0.3, -0.25) is 9.88 Å². The Morgan fingerprint density at radius 1 is 0.914 bits per heavy atom. The standard InChI is InChI=1S/C33H34N2/c1-23-18-28-20-32-30(15-16-31(34-32)27-14-13-25-10-5-6-11-26(25)19-27)33(21-23)29(28)12-7-17-35(33)22-24-8-3-2-4-9-24/h2-6,8-11,13-16,19,23,28-29H,7,12,17-18,20-22H2,1H3/t23-,28+,29-,33-/m1/s1. The molecule has 7 rings (SSSR count). The van der Waals surface area contributed by atoms with E-state index < -0.39 is 0 Å². The monoisotopic (exact) mass is 458 g/mol. The molecule has 176 valence electrons. The van der Waals surface area contributed by atoms with Gasteiger partial charge in [0.05, 0.1) is 11.2 Å². The largest absolute Gasteiger partial charge is 0.289 e. The smallest absolute Gasteiger partial charge is 0.0705 e. The van der Waals surface area contributed by atoms with Crippen LogP contribution in [0.5, 0.6) is 0 Å². The van der Waals surface area contributed by atoms with Crippen molar-refractivity contribution in [2.45, 2.75) is 51.1 Å². The minimum atomic E-state index is 0.138. The molecule has 35 heavy (non-hydrogen) atoms. The SMILES string of the molecule is C[C@@H]1C[C@H]2Cc3nc(-c4ccc5ccccc5c4)ccc3[C@@]3(C1)[C@@H]2CCCN3Cc1ccccc1. The molecule has 1 saturated carbocycles. The van der Waals surface area contributed by atoms with Crippen molar-refractivity contribution in [3.63, 3.8) is 0 Å². The van der Waals surface area contributed by atoms with Crippen molar-refractivity contribution < 1.29 is 0 Å². The highest BCUT2D eigenvalue weighted by Gasteiger charge is 2.57. The molecule has 3 aromatic carbocycles. The number of benzene rings is 3. The maximum Gasteiger partial charge on any atom is 0.0705 e. The van der Waals surface area contributed by atoms with Gasteiger partial charge in [0.25, 0.3) is 0 Å². The molecular weight excluding hydrogens is 424 g/mol. The summed E-state index contributed by atoms with van der Waals surface area (Å²) in [5.41, 5.74) is 6.83. The molecule has 2 bridgehead atoms. The fraction of sp³-hybridized carbons (Fsp3) is 0.364. The summed E-state index contributed by atoms with van der Waals surface area (Å²) in [7, 11) is 0. The lowest BCUT2D eigenvalue weighted by molar-refractivity contribution is -0.0967. The van der Waals surface area contributed by atoms with Crippen LogP contribution < -0.4 is 0 Å². The van der Waals surface area contributed by atoms with Gasteiger partial charge in [-0.25, -0.2) is 0 Å². The van der Waals surface area contributed by atoms with Crippen molar-refractivity contribution >= 4 is 10.8 Å². The number of nitrogens with zero attached hydrogens (tertiary/aromatic N) is 2. The summed E-state index contributed by atoms with van der Waals surface area (Å²) in [5, 5.41) is 2.58. The number of likely N-dealkylation sites (tertiary alicyclic amines) is 1. The Morgan fingerprint density at radius 3 is 2.63 bits per heavy atom. The molecule has 0 N–H and O–H groups in total. The van der Waals surface area contributed by atoms with Crippen molar-refractivity contribution in [3.05, 3.63) is 102 Å². The minimum Gasteiger partial charge on any atom is -0.289 e. The number of aromatic nitrogens is 1. The lowest BCUT2D eigenvalue weighted by Crippen LogP contribution is -2.61. The van der Waals surface area contributed by atoms with Crippen molar-refractivity contribution in [2.75, 3.05) is 6.54 Å². The second-order valence-electron chi connectivity index (χ2n) is 11.3. The third-order valence-corrected chi connectivity index (χ3v) is 9.21. The molecule has 2 nitrogen and oxygen atoms in total. The average molecular weight is 459 g/mol. The molecule has 2 heterocycles. The number of rotatable bonds is 3. The van der Waals surface area contributed by atoms with Gasteiger partial charge in [0.2, 0.25) is 0 Å². The van der Waals surface area contributed by atoms with Gasteiger partial charge in [0.15, 0.2) is 0 Å². The molecule has 0 spiro atoms. The van der Waals surface area contributed by atoms with Crippen LogP contribution in [0.25, 0.3) is 22.0 Å². The zero-order valence-electron chi connectivity index (χ0n) is 20.7. The van der Waals surface area contributed by atoms with Crippen LogP contribution in [0.2, 0.25) is 0 Å². The zero-order valence-corrected chi connectivity index (χ0v) is 20.7. The molecule has 2 aliphatic carbocycles. The van der Waals surface area contributed by atoms with E-state index in [1.165, 1.54) is 65.4 Å². The summed E-state index contributed by atoms with van der Waals surface area (Å²) in [6.45, 7) is 4.72. The van der Waals surface area contributed by atoms with E-state index in [0.717, 1.165) is 36.4 Å². The predicted octanol–water partition coefficient (Wildman–Crippen LogP) is 7.61. The van der Waals surface area contributed by atoms with Crippen LogP contribution in [0.1, 0.15) is 49.4 Å². The van der Waals surface area contributed by atoms with E-state index in [9.17, 15) is 0 Å². The van der Waals surface area contributed by atoms with Crippen molar-refractivity contribution in [3.8, 4) is 11.3 Å². The van der Waals surface area contributed by atoms with Crippen LogP contribution in [0.3, 0.4) is 0 Å². The molecule has 0 unspecified atom stereocenters. The van der Waals surface area contributed by atoms with Gasteiger partial charge < -0.3 is 0 Å². The molecule has 0 radical (unpaired) electrons. The van der Waals surface area contributed by atoms with Gasteiger partial charge in [-0.2, -0.15) is 0 Å². The molecule has 1 aliphatic heterocycles. The Bertz CT molecular complexity index is 1380. The summed E-state index contributed by atoms with van der Waals surface area (Å²) in [6, 6.07) is 31.3. The van der Waals surface area contributed by atoms with Crippen molar-refractivity contribution in [1.82, 2.24) is 9.88 Å². The van der Waals surface area contributed by atoms with Gasteiger partial charge in [-0.1, -0.05) is 79.7 Å². The van der Waals surface area contributed by atoms with Crippen LogP contribution in [0.4, 0.5) is 0 Å². The first-order valence-corrected chi connectivity index (χ1v) is 13.5. The maximum atomic E-state index is 5.40. The summed E-state index contributed by atoms with van der Waals surface area (Å²) >= 11 is 0. The Kier molecular flexibility index (Phi) is 5.06.